The summed E-state index contributed by atoms with van der Waals surface area (Å²) in [4.78, 5) is 41.8. The van der Waals surface area contributed by atoms with Crippen LogP contribution in [0.15, 0.2) is 23.9 Å². The number of hydrogen-bond acceptors (Lipinski definition) is 9. The largest absolute Gasteiger partial charge is 0.464 e. The van der Waals surface area contributed by atoms with Gasteiger partial charge in [-0.25, -0.2) is 14.6 Å². The van der Waals surface area contributed by atoms with Crippen molar-refractivity contribution < 1.29 is 23.9 Å². The van der Waals surface area contributed by atoms with Gasteiger partial charge >= 0.3 is 12.1 Å². The summed E-state index contributed by atoms with van der Waals surface area (Å²) < 4.78 is 10.3. The highest BCUT2D eigenvalue weighted by molar-refractivity contribution is 6.11. The van der Waals surface area contributed by atoms with Crippen molar-refractivity contribution in [1.29, 1.82) is 5.41 Å². The molecule has 204 valence electrons. The van der Waals surface area contributed by atoms with Gasteiger partial charge in [0, 0.05) is 44.2 Å². The molecule has 0 spiro atoms. The van der Waals surface area contributed by atoms with Gasteiger partial charge in [-0.1, -0.05) is 33.3 Å². The highest BCUT2D eigenvalue weighted by atomic mass is 16.6. The number of nitrogens with zero attached hydrogens (tertiary/aromatic N) is 1. The Hall–Kier alpha value is -3.63. The van der Waals surface area contributed by atoms with Crippen LogP contribution < -0.4 is 21.3 Å². The minimum absolute atomic E-state index is 0.0693. The first-order chi connectivity index (χ1) is 17.8. The third-order valence-corrected chi connectivity index (χ3v) is 5.49. The number of ether oxygens (including phenoxy) is 2. The van der Waals surface area contributed by atoms with E-state index in [4.69, 9.17) is 14.9 Å². The van der Waals surface area contributed by atoms with E-state index in [9.17, 15) is 14.4 Å². The molecule has 2 amide bonds. The van der Waals surface area contributed by atoms with Crippen molar-refractivity contribution >= 4 is 30.0 Å². The Bertz CT molecular complexity index is 949. The molecule has 2 heterocycles. The van der Waals surface area contributed by atoms with Gasteiger partial charge in [0.1, 0.15) is 11.9 Å². The van der Waals surface area contributed by atoms with Crippen LogP contribution >= 0.6 is 0 Å². The number of aromatic nitrogens is 1. The first-order valence-corrected chi connectivity index (χ1v) is 12.9. The Morgan fingerprint density at radius 3 is 2.78 bits per heavy atom. The molecule has 0 aromatic carbocycles. The van der Waals surface area contributed by atoms with Crippen LogP contribution in [0.5, 0.6) is 0 Å². The average molecular weight is 517 g/mol. The Morgan fingerprint density at radius 1 is 1.24 bits per heavy atom. The van der Waals surface area contributed by atoms with Crippen molar-refractivity contribution in [1.82, 2.24) is 20.9 Å². The topological polar surface area (TPSA) is 155 Å². The minimum atomic E-state index is -1.12. The lowest BCUT2D eigenvalue weighted by Crippen LogP contribution is -2.49. The van der Waals surface area contributed by atoms with E-state index in [1.54, 1.807) is 0 Å². The lowest BCUT2D eigenvalue weighted by molar-refractivity contribution is -0.147. The summed E-state index contributed by atoms with van der Waals surface area (Å²) in [5.74, 6) is -0.196. The maximum atomic E-state index is 12.6. The molecule has 0 bridgehead atoms. The summed E-state index contributed by atoms with van der Waals surface area (Å²) in [5.41, 5.74) is 2.22. The van der Waals surface area contributed by atoms with E-state index in [2.05, 4.69) is 32.3 Å². The SMILES string of the molecule is CCCCOC(=O)N[C@@H](CNC(=O)/C(C=N)=C/NCCc1ccc2c(n1)NCCC2)C(=O)OCC(C)C. The van der Waals surface area contributed by atoms with Crippen LogP contribution in [0.2, 0.25) is 0 Å². The number of aryl methyl sites for hydroxylation is 1. The van der Waals surface area contributed by atoms with Gasteiger partial charge in [-0.15, -0.1) is 0 Å². The van der Waals surface area contributed by atoms with Crippen molar-refractivity contribution in [2.75, 3.05) is 38.2 Å². The van der Waals surface area contributed by atoms with Crippen LogP contribution in [-0.2, 0) is 31.9 Å². The number of esters is 1. The van der Waals surface area contributed by atoms with E-state index in [1.165, 1.54) is 11.8 Å². The normalized spacial score (nSPS) is 13.6. The number of nitrogens with one attached hydrogen (secondary N) is 5. The van der Waals surface area contributed by atoms with Gasteiger partial charge in [0.15, 0.2) is 0 Å². The van der Waals surface area contributed by atoms with E-state index in [-0.39, 0.29) is 31.2 Å². The number of carbonyl (C=O) groups is 3. The summed E-state index contributed by atoms with van der Waals surface area (Å²) in [6.07, 6.45) is 5.94. The molecule has 2 rings (SSSR count). The fourth-order valence-corrected chi connectivity index (χ4v) is 3.40. The van der Waals surface area contributed by atoms with Gasteiger partial charge in [-0.3, -0.25) is 4.79 Å². The molecule has 0 radical (unpaired) electrons. The number of alkyl carbamates (subject to hydrolysis) is 1. The molecule has 1 aromatic heterocycles. The molecule has 0 aliphatic carbocycles. The maximum Gasteiger partial charge on any atom is 0.407 e. The second-order valence-corrected chi connectivity index (χ2v) is 9.21. The number of hydrogen-bond donors (Lipinski definition) is 5. The number of fused-ring (bicyclic) bond motifs is 1. The van der Waals surface area contributed by atoms with Crippen LogP contribution in [-0.4, -0.2) is 68.1 Å². The van der Waals surface area contributed by atoms with E-state index in [0.29, 0.717) is 19.4 Å². The van der Waals surface area contributed by atoms with Gasteiger partial charge in [0.05, 0.1) is 18.8 Å². The monoisotopic (exact) mass is 516 g/mol. The molecule has 1 atom stereocenters. The summed E-state index contributed by atoms with van der Waals surface area (Å²) in [6, 6.07) is 2.97. The third-order valence-electron chi connectivity index (χ3n) is 5.49. The van der Waals surface area contributed by atoms with Crippen LogP contribution in [0, 0.1) is 11.3 Å². The molecule has 0 unspecified atom stereocenters. The van der Waals surface area contributed by atoms with E-state index in [1.807, 2.05) is 26.8 Å². The Labute approximate surface area is 218 Å². The number of pyridine rings is 1. The minimum Gasteiger partial charge on any atom is -0.464 e. The molecule has 0 saturated heterocycles. The lowest BCUT2D eigenvalue weighted by Gasteiger charge is -2.19. The smallest absolute Gasteiger partial charge is 0.407 e. The number of carbonyl (C=O) groups excluding carboxylic acids is 3. The Kier molecular flexibility index (Phi) is 12.9. The first-order valence-electron chi connectivity index (χ1n) is 12.9. The predicted octanol–water partition coefficient (Wildman–Crippen LogP) is 2.32. The highest BCUT2D eigenvalue weighted by Gasteiger charge is 2.24. The standard InChI is InChI=1S/C26H40N6O5/c1-4-5-13-36-26(35)32-22(25(34)37-17-18(2)3)16-30-24(33)20(14-27)15-28-12-10-21-9-8-19-7-6-11-29-23(19)31-21/h8-9,14-15,18,22,27-28H,4-7,10-13,16-17H2,1-3H3,(H,29,31)(H,30,33)(H,32,35)/b20-15+,27-14?/t22-/m0/s1. The van der Waals surface area contributed by atoms with E-state index < -0.39 is 24.0 Å². The molecule has 11 heteroatoms. The second kappa shape index (κ2) is 16.2. The quantitative estimate of drug-likeness (QED) is 0.103. The number of unbranched alkanes of at least 4 members (excludes halogenated alkanes) is 1. The van der Waals surface area contributed by atoms with Gasteiger partial charge in [0.25, 0.3) is 5.91 Å². The number of amides is 2. The summed E-state index contributed by atoms with van der Waals surface area (Å²) in [7, 11) is 0. The summed E-state index contributed by atoms with van der Waals surface area (Å²) >= 11 is 0. The molecular weight excluding hydrogens is 476 g/mol. The molecular formula is C26H40N6O5. The van der Waals surface area contributed by atoms with Crippen molar-refractivity contribution in [2.45, 2.75) is 58.9 Å². The predicted molar refractivity (Wildman–Crippen MR) is 142 cm³/mol. The van der Waals surface area contributed by atoms with E-state index >= 15 is 0 Å². The fraction of sp³-hybridized carbons (Fsp3) is 0.577. The Balaban J connectivity index is 1.87. The molecule has 1 aliphatic heterocycles. The second-order valence-electron chi connectivity index (χ2n) is 9.21. The molecule has 11 nitrogen and oxygen atoms in total. The Morgan fingerprint density at radius 2 is 2.05 bits per heavy atom. The van der Waals surface area contributed by atoms with Gasteiger partial charge < -0.3 is 36.2 Å². The van der Waals surface area contributed by atoms with Gasteiger partial charge in [0.2, 0.25) is 0 Å². The van der Waals surface area contributed by atoms with Crippen LogP contribution in [0.1, 0.15) is 51.3 Å². The maximum absolute atomic E-state index is 12.6. The van der Waals surface area contributed by atoms with Crippen LogP contribution in [0.25, 0.3) is 0 Å². The van der Waals surface area contributed by atoms with Crippen LogP contribution in [0.4, 0.5) is 10.6 Å². The van der Waals surface area contributed by atoms with Gasteiger partial charge in [-0.05, 0) is 36.8 Å². The summed E-state index contributed by atoms with van der Waals surface area (Å²) in [5, 5.41) is 19.0. The number of rotatable bonds is 15. The first kappa shape index (κ1) is 29.6. The van der Waals surface area contributed by atoms with Crippen molar-refractivity contribution in [3.05, 3.63) is 35.2 Å². The van der Waals surface area contributed by atoms with Crippen LogP contribution in [0.3, 0.4) is 0 Å². The van der Waals surface area contributed by atoms with Gasteiger partial charge in [-0.2, -0.15) is 0 Å². The zero-order valence-electron chi connectivity index (χ0n) is 22.0. The zero-order valence-corrected chi connectivity index (χ0v) is 22.0. The highest BCUT2D eigenvalue weighted by Crippen LogP contribution is 2.19. The molecule has 5 N–H and O–H groups in total. The van der Waals surface area contributed by atoms with Crippen molar-refractivity contribution in [2.24, 2.45) is 5.92 Å². The molecule has 0 saturated carbocycles. The average Bonchev–Trinajstić information content (AvgIpc) is 2.89. The lowest BCUT2D eigenvalue weighted by atomic mass is 10.1. The van der Waals surface area contributed by atoms with Crippen molar-refractivity contribution in [3.8, 4) is 0 Å². The third kappa shape index (κ3) is 10.9. The molecule has 1 aromatic rings. The number of anilines is 1. The fourth-order valence-electron chi connectivity index (χ4n) is 3.40. The summed E-state index contributed by atoms with van der Waals surface area (Å²) in [6.45, 7) is 7.39. The van der Waals surface area contributed by atoms with Crippen molar-refractivity contribution in [3.63, 3.8) is 0 Å². The van der Waals surface area contributed by atoms with E-state index in [0.717, 1.165) is 43.5 Å². The molecule has 1 aliphatic rings. The zero-order chi connectivity index (χ0) is 27.0. The molecule has 37 heavy (non-hydrogen) atoms. The molecule has 0 fully saturated rings.